The van der Waals surface area contributed by atoms with Crippen LogP contribution in [0.5, 0.6) is 0 Å². The van der Waals surface area contributed by atoms with Gasteiger partial charge in [-0.05, 0) is 24.6 Å². The van der Waals surface area contributed by atoms with Gasteiger partial charge in [-0.1, -0.05) is 47.1 Å². The standard InChI is InChI=1S/C18H15FN2O2/c1-12-2-6-14(7-3-12)17-10-16(21-23-17)18(22)20-11-13-4-8-15(19)9-5-13/h2-10H,11H2,1H3,(H,20,22). The summed E-state index contributed by atoms with van der Waals surface area (Å²) >= 11 is 0. The van der Waals surface area contributed by atoms with Gasteiger partial charge in [-0.25, -0.2) is 4.39 Å². The normalized spacial score (nSPS) is 10.5. The van der Waals surface area contributed by atoms with Crippen molar-refractivity contribution < 1.29 is 13.7 Å². The zero-order valence-corrected chi connectivity index (χ0v) is 12.5. The summed E-state index contributed by atoms with van der Waals surface area (Å²) in [4.78, 5) is 12.1. The van der Waals surface area contributed by atoms with E-state index in [-0.39, 0.29) is 17.4 Å². The first-order chi connectivity index (χ1) is 11.1. The van der Waals surface area contributed by atoms with Crippen LogP contribution in [0, 0.1) is 12.7 Å². The van der Waals surface area contributed by atoms with Crippen molar-refractivity contribution in [3.63, 3.8) is 0 Å². The van der Waals surface area contributed by atoms with Crippen LogP contribution >= 0.6 is 0 Å². The minimum atomic E-state index is -0.337. The SMILES string of the molecule is Cc1ccc(-c2cc(C(=O)NCc3ccc(F)cc3)no2)cc1. The maximum absolute atomic E-state index is 12.8. The van der Waals surface area contributed by atoms with E-state index in [0.29, 0.717) is 12.3 Å². The molecule has 1 N–H and O–H groups in total. The lowest BCUT2D eigenvalue weighted by Gasteiger charge is -2.02. The van der Waals surface area contributed by atoms with Crippen molar-refractivity contribution in [1.82, 2.24) is 10.5 Å². The summed E-state index contributed by atoms with van der Waals surface area (Å²) in [6, 6.07) is 15.3. The molecule has 0 aliphatic heterocycles. The molecule has 3 aromatic rings. The van der Waals surface area contributed by atoms with E-state index < -0.39 is 0 Å². The molecule has 1 aromatic heterocycles. The number of nitrogens with zero attached hydrogens (tertiary/aromatic N) is 1. The molecule has 4 nitrogen and oxygen atoms in total. The summed E-state index contributed by atoms with van der Waals surface area (Å²) in [7, 11) is 0. The van der Waals surface area contributed by atoms with E-state index >= 15 is 0 Å². The summed E-state index contributed by atoms with van der Waals surface area (Å²) in [5.41, 5.74) is 3.02. The van der Waals surface area contributed by atoms with E-state index in [4.69, 9.17) is 4.52 Å². The van der Waals surface area contributed by atoms with E-state index in [1.807, 2.05) is 31.2 Å². The minimum Gasteiger partial charge on any atom is -0.355 e. The summed E-state index contributed by atoms with van der Waals surface area (Å²) in [5, 5.41) is 6.52. The van der Waals surface area contributed by atoms with E-state index in [0.717, 1.165) is 16.7 Å². The molecule has 0 aliphatic carbocycles. The highest BCUT2D eigenvalue weighted by molar-refractivity contribution is 5.93. The zero-order chi connectivity index (χ0) is 16.2. The van der Waals surface area contributed by atoms with Crippen LogP contribution in [-0.4, -0.2) is 11.1 Å². The van der Waals surface area contributed by atoms with Gasteiger partial charge >= 0.3 is 0 Å². The summed E-state index contributed by atoms with van der Waals surface area (Å²) in [6.07, 6.45) is 0. The Hall–Kier alpha value is -2.95. The Labute approximate surface area is 132 Å². The number of hydrogen-bond acceptors (Lipinski definition) is 3. The molecule has 0 saturated heterocycles. The first-order valence-electron chi connectivity index (χ1n) is 7.18. The van der Waals surface area contributed by atoms with Crippen molar-refractivity contribution in [2.45, 2.75) is 13.5 Å². The highest BCUT2D eigenvalue weighted by Gasteiger charge is 2.13. The number of rotatable bonds is 4. The van der Waals surface area contributed by atoms with Gasteiger partial charge in [0, 0.05) is 18.2 Å². The maximum Gasteiger partial charge on any atom is 0.273 e. The second kappa shape index (κ2) is 6.44. The third-order valence-electron chi connectivity index (χ3n) is 3.45. The van der Waals surface area contributed by atoms with Crippen molar-refractivity contribution >= 4 is 5.91 Å². The molecule has 0 radical (unpaired) electrons. The molecule has 0 fully saturated rings. The topological polar surface area (TPSA) is 55.1 Å². The number of hydrogen-bond donors (Lipinski definition) is 1. The Bertz CT molecular complexity index is 808. The molecular formula is C18H15FN2O2. The van der Waals surface area contributed by atoms with Gasteiger partial charge in [0.25, 0.3) is 5.91 Å². The molecule has 5 heteroatoms. The van der Waals surface area contributed by atoms with E-state index in [1.165, 1.54) is 12.1 Å². The molecule has 0 aliphatic rings. The molecule has 0 saturated carbocycles. The number of aromatic nitrogens is 1. The predicted molar refractivity (Wildman–Crippen MR) is 84.2 cm³/mol. The third kappa shape index (κ3) is 3.63. The maximum atomic E-state index is 12.8. The number of carbonyl (C=O) groups excluding carboxylic acids is 1. The number of nitrogens with one attached hydrogen (secondary N) is 1. The van der Waals surface area contributed by atoms with Crippen LogP contribution in [0.25, 0.3) is 11.3 Å². The summed E-state index contributed by atoms with van der Waals surface area (Å²) in [5.74, 6) is -0.104. The third-order valence-corrected chi connectivity index (χ3v) is 3.45. The molecule has 1 heterocycles. The van der Waals surface area contributed by atoms with Crippen LogP contribution < -0.4 is 5.32 Å². The molecule has 1 amide bonds. The number of aryl methyl sites for hydroxylation is 1. The Morgan fingerprint density at radius 2 is 1.83 bits per heavy atom. The van der Waals surface area contributed by atoms with Crippen molar-refractivity contribution in [1.29, 1.82) is 0 Å². The number of carbonyl (C=O) groups is 1. The molecule has 0 spiro atoms. The summed E-state index contributed by atoms with van der Waals surface area (Å²) < 4.78 is 18.0. The second-order valence-corrected chi connectivity index (χ2v) is 5.25. The monoisotopic (exact) mass is 310 g/mol. The zero-order valence-electron chi connectivity index (χ0n) is 12.5. The molecule has 23 heavy (non-hydrogen) atoms. The van der Waals surface area contributed by atoms with Crippen LogP contribution in [0.3, 0.4) is 0 Å². The van der Waals surface area contributed by atoms with Gasteiger partial charge in [0.05, 0.1) is 0 Å². The molecule has 2 aromatic carbocycles. The fourth-order valence-corrected chi connectivity index (χ4v) is 2.11. The molecular weight excluding hydrogens is 295 g/mol. The van der Waals surface area contributed by atoms with Crippen molar-refractivity contribution in [3.05, 3.63) is 77.2 Å². The van der Waals surface area contributed by atoms with E-state index in [2.05, 4.69) is 10.5 Å². The number of amides is 1. The van der Waals surface area contributed by atoms with E-state index in [9.17, 15) is 9.18 Å². The Balaban J connectivity index is 1.66. The average molecular weight is 310 g/mol. The van der Waals surface area contributed by atoms with Crippen LogP contribution in [0.15, 0.2) is 59.1 Å². The van der Waals surface area contributed by atoms with Crippen molar-refractivity contribution in [2.75, 3.05) is 0 Å². The van der Waals surface area contributed by atoms with Crippen LogP contribution in [0.2, 0.25) is 0 Å². The lowest BCUT2D eigenvalue weighted by atomic mass is 10.1. The highest BCUT2D eigenvalue weighted by Crippen LogP contribution is 2.20. The quantitative estimate of drug-likeness (QED) is 0.799. The van der Waals surface area contributed by atoms with E-state index in [1.54, 1.807) is 18.2 Å². The molecule has 3 rings (SSSR count). The summed E-state index contributed by atoms with van der Waals surface area (Å²) in [6.45, 7) is 2.30. The largest absolute Gasteiger partial charge is 0.355 e. The van der Waals surface area contributed by atoms with Gasteiger partial charge in [-0.2, -0.15) is 0 Å². The molecule has 0 unspecified atom stereocenters. The molecule has 0 atom stereocenters. The Morgan fingerprint density at radius 1 is 1.13 bits per heavy atom. The molecule has 116 valence electrons. The van der Waals surface area contributed by atoms with Gasteiger partial charge < -0.3 is 9.84 Å². The fourth-order valence-electron chi connectivity index (χ4n) is 2.11. The van der Waals surface area contributed by atoms with Crippen molar-refractivity contribution in [2.24, 2.45) is 0 Å². The number of halogens is 1. The first kappa shape index (κ1) is 15.0. The second-order valence-electron chi connectivity index (χ2n) is 5.25. The van der Waals surface area contributed by atoms with Crippen LogP contribution in [0.4, 0.5) is 4.39 Å². The smallest absolute Gasteiger partial charge is 0.273 e. The van der Waals surface area contributed by atoms with Crippen LogP contribution in [-0.2, 0) is 6.54 Å². The highest BCUT2D eigenvalue weighted by atomic mass is 19.1. The lowest BCUT2D eigenvalue weighted by molar-refractivity contribution is 0.0942. The van der Waals surface area contributed by atoms with Crippen molar-refractivity contribution in [3.8, 4) is 11.3 Å². The van der Waals surface area contributed by atoms with Gasteiger partial charge in [0.15, 0.2) is 11.5 Å². The van der Waals surface area contributed by atoms with Gasteiger partial charge in [0.1, 0.15) is 5.82 Å². The fraction of sp³-hybridized carbons (Fsp3) is 0.111. The Morgan fingerprint density at radius 3 is 2.52 bits per heavy atom. The predicted octanol–water partition coefficient (Wildman–Crippen LogP) is 3.72. The van der Waals surface area contributed by atoms with Gasteiger partial charge in [0.2, 0.25) is 0 Å². The average Bonchev–Trinajstić information content (AvgIpc) is 3.05. The number of benzene rings is 2. The molecule has 0 bridgehead atoms. The lowest BCUT2D eigenvalue weighted by Crippen LogP contribution is -2.23. The van der Waals surface area contributed by atoms with Crippen LogP contribution in [0.1, 0.15) is 21.6 Å². The van der Waals surface area contributed by atoms with Gasteiger partial charge in [-0.3, -0.25) is 4.79 Å². The minimum absolute atomic E-state index is 0.211. The first-order valence-corrected chi connectivity index (χ1v) is 7.18. The Kier molecular flexibility index (Phi) is 4.19. The van der Waals surface area contributed by atoms with Gasteiger partial charge in [-0.15, -0.1) is 0 Å².